The fourth-order valence-electron chi connectivity index (χ4n) is 2.51. The molecule has 2 aromatic carbocycles. The number of aliphatic imine (C=N–C) groups is 1. The molecule has 5 heteroatoms. The molecular weight excluding hydrogens is 328 g/mol. The highest BCUT2D eigenvalue weighted by Crippen LogP contribution is 2.27. The van der Waals surface area contributed by atoms with E-state index >= 15 is 0 Å². The molecule has 0 radical (unpaired) electrons. The number of aryl methyl sites for hydroxylation is 1. The maximum absolute atomic E-state index is 12.5. The third kappa shape index (κ3) is 3.67. The Bertz CT molecular complexity index is 1050. The number of hydrogen-bond acceptors (Lipinski definition) is 5. The summed E-state index contributed by atoms with van der Waals surface area (Å²) in [6.45, 7) is 1.99. The van der Waals surface area contributed by atoms with Crippen LogP contribution in [0.4, 0.5) is 5.69 Å². The average Bonchev–Trinajstić information content (AvgIpc) is 2.61. The van der Waals surface area contributed by atoms with E-state index in [9.17, 15) is 9.90 Å². The van der Waals surface area contributed by atoms with Crippen molar-refractivity contribution in [3.8, 4) is 5.75 Å². The summed E-state index contributed by atoms with van der Waals surface area (Å²) in [7, 11) is 3.73. The standard InChI is InChI=1S/C21H20N2O3/c1-14-8-10-15(11-9-14)22-17(12-13-23(2)3)19-20(24)16-6-4-5-7-18(16)26-21(19)25/h4-13,24H,1-3H3/b13-12+,22-17?. The zero-order valence-electron chi connectivity index (χ0n) is 14.9. The van der Waals surface area contributed by atoms with Gasteiger partial charge in [-0.1, -0.05) is 29.8 Å². The second-order valence-corrected chi connectivity index (χ2v) is 6.22. The van der Waals surface area contributed by atoms with Gasteiger partial charge in [-0.25, -0.2) is 9.79 Å². The number of rotatable bonds is 4. The minimum Gasteiger partial charge on any atom is -0.506 e. The van der Waals surface area contributed by atoms with Crippen molar-refractivity contribution in [2.24, 2.45) is 4.99 Å². The first-order chi connectivity index (χ1) is 12.5. The zero-order chi connectivity index (χ0) is 18.7. The first-order valence-electron chi connectivity index (χ1n) is 8.21. The monoisotopic (exact) mass is 348 g/mol. The van der Waals surface area contributed by atoms with E-state index in [-0.39, 0.29) is 11.3 Å². The summed E-state index contributed by atoms with van der Waals surface area (Å²) < 4.78 is 5.37. The second-order valence-electron chi connectivity index (χ2n) is 6.22. The summed E-state index contributed by atoms with van der Waals surface area (Å²) in [5.41, 5.74) is 1.88. The predicted molar refractivity (Wildman–Crippen MR) is 104 cm³/mol. The highest BCUT2D eigenvalue weighted by Gasteiger charge is 2.17. The lowest BCUT2D eigenvalue weighted by atomic mass is 10.1. The third-order valence-corrected chi connectivity index (χ3v) is 3.86. The van der Waals surface area contributed by atoms with E-state index in [0.717, 1.165) is 5.56 Å². The maximum Gasteiger partial charge on any atom is 0.349 e. The van der Waals surface area contributed by atoms with Crippen molar-refractivity contribution in [2.75, 3.05) is 14.1 Å². The molecule has 0 amide bonds. The van der Waals surface area contributed by atoms with Crippen molar-refractivity contribution in [3.05, 3.63) is 82.4 Å². The van der Waals surface area contributed by atoms with Crippen LogP contribution in [0.15, 0.2) is 75.0 Å². The molecule has 0 bridgehead atoms. The lowest BCUT2D eigenvalue weighted by molar-refractivity contribution is 0.466. The first-order valence-corrected chi connectivity index (χ1v) is 8.21. The Hall–Kier alpha value is -3.34. The molecule has 1 N–H and O–H groups in total. The van der Waals surface area contributed by atoms with Crippen LogP contribution < -0.4 is 5.63 Å². The smallest absolute Gasteiger partial charge is 0.349 e. The molecule has 0 spiro atoms. The Kier molecular flexibility index (Phi) is 4.89. The molecule has 0 saturated carbocycles. The van der Waals surface area contributed by atoms with E-state index < -0.39 is 5.63 Å². The normalized spacial score (nSPS) is 12.0. The van der Waals surface area contributed by atoms with Crippen molar-refractivity contribution in [1.29, 1.82) is 0 Å². The van der Waals surface area contributed by atoms with Gasteiger partial charge in [0.25, 0.3) is 0 Å². The predicted octanol–water partition coefficient (Wildman–Crippen LogP) is 4.00. The topological polar surface area (TPSA) is 66.0 Å². The molecule has 0 unspecified atom stereocenters. The fraction of sp³-hybridized carbons (Fsp3) is 0.143. The van der Waals surface area contributed by atoms with Gasteiger partial charge in [-0.05, 0) is 37.3 Å². The van der Waals surface area contributed by atoms with E-state index in [2.05, 4.69) is 4.99 Å². The molecule has 0 aliphatic heterocycles. The fourth-order valence-corrected chi connectivity index (χ4v) is 2.51. The molecular formula is C21H20N2O3. The largest absolute Gasteiger partial charge is 0.506 e. The average molecular weight is 348 g/mol. The van der Waals surface area contributed by atoms with Gasteiger partial charge in [-0.3, -0.25) is 0 Å². The van der Waals surface area contributed by atoms with Crippen molar-refractivity contribution in [3.63, 3.8) is 0 Å². The molecule has 0 saturated heterocycles. The molecule has 132 valence electrons. The summed E-state index contributed by atoms with van der Waals surface area (Å²) in [4.78, 5) is 18.9. The second kappa shape index (κ2) is 7.27. The van der Waals surface area contributed by atoms with E-state index in [1.54, 1.807) is 36.5 Å². The Morgan fingerprint density at radius 3 is 2.50 bits per heavy atom. The van der Waals surface area contributed by atoms with Gasteiger partial charge >= 0.3 is 5.63 Å². The minimum absolute atomic E-state index is 0.0439. The van der Waals surface area contributed by atoms with Crippen LogP contribution in [-0.2, 0) is 0 Å². The summed E-state index contributed by atoms with van der Waals surface area (Å²) in [5.74, 6) is -0.133. The molecule has 1 heterocycles. The molecule has 0 aliphatic rings. The molecule has 3 aromatic rings. The third-order valence-electron chi connectivity index (χ3n) is 3.86. The molecule has 0 atom stereocenters. The SMILES string of the molecule is Cc1ccc(N=C(/C=C/N(C)C)c2c(O)c3ccccc3oc2=O)cc1. The van der Waals surface area contributed by atoms with Crippen molar-refractivity contribution in [1.82, 2.24) is 4.90 Å². The highest BCUT2D eigenvalue weighted by molar-refractivity contribution is 6.13. The number of hydrogen-bond donors (Lipinski definition) is 1. The molecule has 1 aromatic heterocycles. The van der Waals surface area contributed by atoms with Crippen molar-refractivity contribution < 1.29 is 9.52 Å². The molecule has 0 aliphatic carbocycles. The maximum atomic E-state index is 12.5. The van der Waals surface area contributed by atoms with E-state index in [1.807, 2.05) is 50.2 Å². The lowest BCUT2D eigenvalue weighted by Gasteiger charge is -2.09. The highest BCUT2D eigenvalue weighted by atomic mass is 16.4. The van der Waals surface area contributed by atoms with Crippen LogP contribution in [0.5, 0.6) is 5.75 Å². The number of aromatic hydroxyl groups is 1. The quantitative estimate of drug-likeness (QED) is 0.572. The van der Waals surface area contributed by atoms with E-state index in [1.165, 1.54) is 0 Å². The number of fused-ring (bicyclic) bond motifs is 1. The summed E-state index contributed by atoms with van der Waals surface area (Å²) in [6.07, 6.45) is 3.45. The van der Waals surface area contributed by atoms with Crippen LogP contribution in [-0.4, -0.2) is 29.8 Å². The van der Waals surface area contributed by atoms with Crippen LogP contribution >= 0.6 is 0 Å². The van der Waals surface area contributed by atoms with Gasteiger partial charge in [-0.2, -0.15) is 0 Å². The summed E-state index contributed by atoms with van der Waals surface area (Å²) in [6, 6.07) is 14.5. The van der Waals surface area contributed by atoms with Gasteiger partial charge in [0.2, 0.25) is 0 Å². The summed E-state index contributed by atoms with van der Waals surface area (Å²) in [5, 5.41) is 11.2. The first kappa shape index (κ1) is 17.5. The Balaban J connectivity index is 2.23. The lowest BCUT2D eigenvalue weighted by Crippen LogP contribution is -2.14. The number of allylic oxidation sites excluding steroid dienone is 1. The number of benzene rings is 2. The molecule has 5 nitrogen and oxygen atoms in total. The van der Waals surface area contributed by atoms with Gasteiger partial charge in [0.05, 0.1) is 16.8 Å². The van der Waals surface area contributed by atoms with Crippen LogP contribution in [0.25, 0.3) is 11.0 Å². The minimum atomic E-state index is -0.629. The van der Waals surface area contributed by atoms with Gasteiger partial charge in [-0.15, -0.1) is 0 Å². The van der Waals surface area contributed by atoms with Crippen molar-refractivity contribution >= 4 is 22.4 Å². The molecule has 0 fully saturated rings. The zero-order valence-corrected chi connectivity index (χ0v) is 14.9. The number of nitrogens with zero attached hydrogens (tertiary/aromatic N) is 2. The Labute approximate surface area is 151 Å². The van der Waals surface area contributed by atoms with E-state index in [0.29, 0.717) is 22.4 Å². The Morgan fingerprint density at radius 2 is 1.81 bits per heavy atom. The summed E-state index contributed by atoms with van der Waals surface area (Å²) >= 11 is 0. The molecule has 26 heavy (non-hydrogen) atoms. The van der Waals surface area contributed by atoms with Crippen LogP contribution in [0.2, 0.25) is 0 Å². The Morgan fingerprint density at radius 1 is 1.12 bits per heavy atom. The molecule has 3 rings (SSSR count). The number of para-hydroxylation sites is 1. The van der Waals surface area contributed by atoms with Gasteiger partial charge in [0.15, 0.2) is 0 Å². The van der Waals surface area contributed by atoms with Crippen LogP contribution in [0.3, 0.4) is 0 Å². The van der Waals surface area contributed by atoms with Gasteiger partial charge < -0.3 is 14.4 Å². The van der Waals surface area contributed by atoms with Crippen molar-refractivity contribution in [2.45, 2.75) is 6.92 Å². The van der Waals surface area contributed by atoms with Gasteiger partial charge in [0.1, 0.15) is 16.9 Å². The van der Waals surface area contributed by atoms with Crippen LogP contribution in [0.1, 0.15) is 11.1 Å². The van der Waals surface area contributed by atoms with Crippen LogP contribution in [0, 0.1) is 6.92 Å². The van der Waals surface area contributed by atoms with Gasteiger partial charge in [0, 0.05) is 20.3 Å². The van der Waals surface area contributed by atoms with E-state index in [4.69, 9.17) is 4.42 Å².